The van der Waals surface area contributed by atoms with Crippen LogP contribution in [0.3, 0.4) is 0 Å². The molecule has 0 aromatic heterocycles. The fourth-order valence-electron chi connectivity index (χ4n) is 3.04. The maximum absolute atomic E-state index is 12.1. The van der Waals surface area contributed by atoms with Crippen LogP contribution in [0.4, 0.5) is 4.79 Å². The van der Waals surface area contributed by atoms with Crippen molar-refractivity contribution in [3.8, 4) is 0 Å². The van der Waals surface area contributed by atoms with Gasteiger partial charge in [-0.2, -0.15) is 0 Å². The van der Waals surface area contributed by atoms with E-state index in [9.17, 15) is 4.79 Å². The average molecular weight is 287 g/mol. The van der Waals surface area contributed by atoms with Crippen LogP contribution in [0.15, 0.2) is 43.0 Å². The normalized spacial score (nSPS) is 17.5. The molecule has 3 nitrogen and oxygen atoms in total. The Kier molecular flexibility index (Phi) is 5.85. The van der Waals surface area contributed by atoms with Crippen molar-refractivity contribution in [2.45, 2.75) is 57.1 Å². The molecule has 0 saturated heterocycles. The summed E-state index contributed by atoms with van der Waals surface area (Å²) >= 11 is 0. The SMILES string of the molecule is C=CCC1(NC(=O)OCc2ccccc2)CCCCCC1. The third kappa shape index (κ3) is 4.92. The van der Waals surface area contributed by atoms with Crippen molar-refractivity contribution in [3.63, 3.8) is 0 Å². The molecule has 0 aliphatic heterocycles. The van der Waals surface area contributed by atoms with Gasteiger partial charge in [0.25, 0.3) is 0 Å². The van der Waals surface area contributed by atoms with E-state index in [1.165, 1.54) is 12.8 Å². The number of amides is 1. The molecule has 21 heavy (non-hydrogen) atoms. The molecule has 0 bridgehead atoms. The molecule has 114 valence electrons. The van der Waals surface area contributed by atoms with Gasteiger partial charge in [-0.3, -0.25) is 0 Å². The summed E-state index contributed by atoms with van der Waals surface area (Å²) < 4.78 is 5.36. The second kappa shape index (κ2) is 7.87. The lowest BCUT2D eigenvalue weighted by Crippen LogP contribution is -2.48. The van der Waals surface area contributed by atoms with Crippen molar-refractivity contribution in [3.05, 3.63) is 48.6 Å². The molecule has 0 spiro atoms. The van der Waals surface area contributed by atoms with Crippen LogP contribution in [0.25, 0.3) is 0 Å². The van der Waals surface area contributed by atoms with E-state index in [0.717, 1.165) is 37.7 Å². The van der Waals surface area contributed by atoms with Gasteiger partial charge in [-0.05, 0) is 24.8 Å². The van der Waals surface area contributed by atoms with Crippen molar-refractivity contribution >= 4 is 6.09 Å². The summed E-state index contributed by atoms with van der Waals surface area (Å²) in [5, 5.41) is 3.11. The summed E-state index contributed by atoms with van der Waals surface area (Å²) in [6.07, 6.45) is 9.25. The van der Waals surface area contributed by atoms with Crippen LogP contribution < -0.4 is 5.32 Å². The quantitative estimate of drug-likeness (QED) is 0.636. The number of nitrogens with one attached hydrogen (secondary N) is 1. The molecule has 0 heterocycles. The van der Waals surface area contributed by atoms with Gasteiger partial charge in [0.2, 0.25) is 0 Å². The summed E-state index contributed by atoms with van der Waals surface area (Å²) in [6.45, 7) is 4.16. The second-order valence-electron chi connectivity index (χ2n) is 5.87. The molecule has 0 atom stereocenters. The third-order valence-electron chi connectivity index (χ3n) is 4.18. The Hall–Kier alpha value is -1.77. The van der Waals surface area contributed by atoms with E-state index in [1.54, 1.807) is 0 Å². The van der Waals surface area contributed by atoms with Crippen LogP contribution in [0.2, 0.25) is 0 Å². The highest BCUT2D eigenvalue weighted by atomic mass is 16.5. The van der Waals surface area contributed by atoms with Gasteiger partial charge in [0.1, 0.15) is 6.61 Å². The number of ether oxygens (including phenoxy) is 1. The fraction of sp³-hybridized carbons (Fsp3) is 0.500. The highest BCUT2D eigenvalue weighted by Crippen LogP contribution is 2.30. The molecule has 0 unspecified atom stereocenters. The molecule has 3 heteroatoms. The first-order chi connectivity index (χ1) is 10.2. The van der Waals surface area contributed by atoms with Crippen LogP contribution in [0, 0.1) is 0 Å². The Bertz CT molecular complexity index is 448. The second-order valence-corrected chi connectivity index (χ2v) is 5.87. The van der Waals surface area contributed by atoms with Crippen molar-refractivity contribution < 1.29 is 9.53 Å². The molecule has 1 amide bonds. The zero-order valence-electron chi connectivity index (χ0n) is 12.6. The van der Waals surface area contributed by atoms with Crippen LogP contribution in [-0.4, -0.2) is 11.6 Å². The maximum atomic E-state index is 12.1. The van der Waals surface area contributed by atoms with Gasteiger partial charge in [-0.15, -0.1) is 6.58 Å². The first kappa shape index (κ1) is 15.6. The molecular formula is C18H25NO2. The van der Waals surface area contributed by atoms with Crippen molar-refractivity contribution in [1.29, 1.82) is 0 Å². The summed E-state index contributed by atoms with van der Waals surface area (Å²) in [7, 11) is 0. The Morgan fingerprint density at radius 1 is 1.19 bits per heavy atom. The highest BCUT2D eigenvalue weighted by Gasteiger charge is 2.31. The molecular weight excluding hydrogens is 262 g/mol. The summed E-state index contributed by atoms with van der Waals surface area (Å²) in [4.78, 5) is 12.1. The molecule has 1 aromatic carbocycles. The van der Waals surface area contributed by atoms with Gasteiger partial charge < -0.3 is 10.1 Å². The van der Waals surface area contributed by atoms with Gasteiger partial charge in [0.05, 0.1) is 0 Å². The first-order valence-electron chi connectivity index (χ1n) is 7.84. The minimum Gasteiger partial charge on any atom is -0.445 e. The molecule has 1 saturated carbocycles. The molecule has 1 N–H and O–H groups in total. The topological polar surface area (TPSA) is 38.3 Å². The van der Waals surface area contributed by atoms with Crippen molar-refractivity contribution in [2.75, 3.05) is 0 Å². The summed E-state index contributed by atoms with van der Waals surface area (Å²) in [6, 6.07) is 9.76. The number of carbonyl (C=O) groups is 1. The largest absolute Gasteiger partial charge is 0.445 e. The molecule has 1 aromatic rings. The smallest absolute Gasteiger partial charge is 0.407 e. The van der Waals surface area contributed by atoms with E-state index >= 15 is 0 Å². The zero-order chi connectivity index (χ0) is 15.0. The van der Waals surface area contributed by atoms with Gasteiger partial charge >= 0.3 is 6.09 Å². The van der Waals surface area contributed by atoms with E-state index in [2.05, 4.69) is 11.9 Å². The number of rotatable bonds is 5. The minimum absolute atomic E-state index is 0.161. The number of hydrogen-bond acceptors (Lipinski definition) is 2. The van der Waals surface area contributed by atoms with E-state index in [4.69, 9.17) is 4.74 Å². The monoisotopic (exact) mass is 287 g/mol. The van der Waals surface area contributed by atoms with Gasteiger partial charge in [0, 0.05) is 5.54 Å². The van der Waals surface area contributed by atoms with E-state index < -0.39 is 0 Å². The lowest BCUT2D eigenvalue weighted by Gasteiger charge is -2.32. The number of carbonyl (C=O) groups excluding carboxylic acids is 1. The zero-order valence-corrected chi connectivity index (χ0v) is 12.6. The molecule has 1 fully saturated rings. The van der Waals surface area contributed by atoms with Gasteiger partial charge in [-0.25, -0.2) is 4.79 Å². The Balaban J connectivity index is 1.90. The van der Waals surface area contributed by atoms with Gasteiger partial charge in [-0.1, -0.05) is 62.1 Å². The average Bonchev–Trinajstić information content (AvgIpc) is 2.72. The molecule has 2 rings (SSSR count). The molecule has 0 radical (unpaired) electrons. The summed E-state index contributed by atoms with van der Waals surface area (Å²) in [5.74, 6) is 0. The number of benzene rings is 1. The lowest BCUT2D eigenvalue weighted by atomic mass is 9.87. The van der Waals surface area contributed by atoms with Crippen LogP contribution in [0.5, 0.6) is 0 Å². The van der Waals surface area contributed by atoms with Gasteiger partial charge in [0.15, 0.2) is 0 Å². The van der Waals surface area contributed by atoms with Crippen LogP contribution >= 0.6 is 0 Å². The summed E-state index contributed by atoms with van der Waals surface area (Å²) in [5.41, 5.74) is 0.845. The third-order valence-corrected chi connectivity index (χ3v) is 4.18. The first-order valence-corrected chi connectivity index (χ1v) is 7.84. The standard InChI is InChI=1S/C18H25NO2/c1-2-12-18(13-8-3-4-9-14-18)19-17(20)21-15-16-10-6-5-7-11-16/h2,5-7,10-11H,1,3-4,8-9,12-15H2,(H,19,20). The number of hydrogen-bond donors (Lipinski definition) is 1. The highest BCUT2D eigenvalue weighted by molar-refractivity contribution is 5.68. The van der Waals surface area contributed by atoms with E-state index in [1.807, 2.05) is 36.4 Å². The Morgan fingerprint density at radius 2 is 1.86 bits per heavy atom. The van der Waals surface area contributed by atoms with Crippen molar-refractivity contribution in [1.82, 2.24) is 5.32 Å². The predicted octanol–water partition coefficient (Wildman–Crippen LogP) is 4.58. The van der Waals surface area contributed by atoms with Crippen LogP contribution in [-0.2, 0) is 11.3 Å². The number of alkyl carbamates (subject to hydrolysis) is 1. The lowest BCUT2D eigenvalue weighted by molar-refractivity contribution is 0.123. The maximum Gasteiger partial charge on any atom is 0.407 e. The minimum atomic E-state index is -0.317. The van der Waals surface area contributed by atoms with Crippen molar-refractivity contribution in [2.24, 2.45) is 0 Å². The molecule has 1 aliphatic carbocycles. The Morgan fingerprint density at radius 3 is 2.48 bits per heavy atom. The molecule has 1 aliphatic rings. The van der Waals surface area contributed by atoms with E-state index in [-0.39, 0.29) is 11.6 Å². The fourth-order valence-corrected chi connectivity index (χ4v) is 3.04. The predicted molar refractivity (Wildman–Crippen MR) is 85.0 cm³/mol. The Labute approximate surface area is 127 Å². The van der Waals surface area contributed by atoms with Crippen LogP contribution in [0.1, 0.15) is 50.5 Å². The van der Waals surface area contributed by atoms with E-state index in [0.29, 0.717) is 6.61 Å².